The van der Waals surface area contributed by atoms with E-state index < -0.39 is 0 Å². The van der Waals surface area contributed by atoms with Crippen molar-refractivity contribution in [2.75, 3.05) is 32.6 Å². The third-order valence-electron chi connectivity index (χ3n) is 2.10. The van der Waals surface area contributed by atoms with Crippen LogP contribution in [0.5, 0.6) is 0 Å². The second-order valence-corrected chi connectivity index (χ2v) is 5.91. The summed E-state index contributed by atoms with van der Waals surface area (Å²) < 4.78 is 0. The number of rotatable bonds is 1. The van der Waals surface area contributed by atoms with E-state index in [2.05, 4.69) is 24.5 Å². The minimum absolute atomic E-state index is 0.0408. The molecule has 0 radical (unpaired) electrons. The summed E-state index contributed by atoms with van der Waals surface area (Å²) >= 11 is 0. The van der Waals surface area contributed by atoms with Gasteiger partial charge in [-0.1, -0.05) is 0 Å². The number of β-amino-alcohol motifs (C(OH)–C–C–N with tert-alkyl or cyclic N) is 1. The minimum atomic E-state index is -0.0638. The maximum atomic E-state index is 9.50. The molecule has 0 aliphatic carbocycles. The Morgan fingerprint density at radius 3 is 2.20 bits per heavy atom. The Labute approximate surface area is 65.6 Å². The van der Waals surface area contributed by atoms with E-state index >= 15 is 0 Å². The monoisotopic (exact) mass is 163 g/mol. The van der Waals surface area contributed by atoms with E-state index in [1.807, 2.05) is 0 Å². The maximum Gasteiger partial charge on any atom is 0.0780 e. The number of thiol groups is 1. The van der Waals surface area contributed by atoms with Crippen LogP contribution >= 0.6 is 10.9 Å². The fourth-order valence-electron chi connectivity index (χ4n) is 1.46. The molecule has 0 bridgehead atoms. The molecule has 2 nitrogen and oxygen atoms in total. The second-order valence-electron chi connectivity index (χ2n) is 3.32. The quantitative estimate of drug-likeness (QED) is 0.528. The van der Waals surface area contributed by atoms with Crippen LogP contribution in [0.25, 0.3) is 0 Å². The van der Waals surface area contributed by atoms with Gasteiger partial charge in [0.05, 0.1) is 6.10 Å². The predicted molar refractivity (Wildman–Crippen MR) is 48.1 cm³/mol. The Bertz CT molecular complexity index is 118. The van der Waals surface area contributed by atoms with Gasteiger partial charge in [-0.25, -0.2) is 0 Å². The molecule has 2 unspecified atom stereocenters. The maximum absolute atomic E-state index is 9.50. The normalized spacial score (nSPS) is 36.6. The van der Waals surface area contributed by atoms with E-state index in [1.54, 1.807) is 0 Å². The van der Waals surface area contributed by atoms with Crippen molar-refractivity contribution in [2.24, 2.45) is 0 Å². The summed E-state index contributed by atoms with van der Waals surface area (Å²) in [6.07, 6.45) is 4.41. The van der Waals surface area contributed by atoms with Crippen LogP contribution in [-0.4, -0.2) is 54.0 Å². The number of likely N-dealkylation sites (tertiary alicyclic amines) is 1. The van der Waals surface area contributed by atoms with Gasteiger partial charge in [-0.15, -0.1) is 0 Å². The summed E-state index contributed by atoms with van der Waals surface area (Å²) in [7, 11) is 2.11. The molecule has 0 aromatic heterocycles. The summed E-state index contributed by atoms with van der Waals surface area (Å²) in [5, 5.41) is 10.1. The van der Waals surface area contributed by atoms with Crippen molar-refractivity contribution >= 4 is 10.9 Å². The summed E-state index contributed by atoms with van der Waals surface area (Å²) in [6.45, 7) is 1.95. The van der Waals surface area contributed by atoms with Crippen LogP contribution in [0.2, 0.25) is 0 Å². The predicted octanol–water partition coefficient (Wildman–Crippen LogP) is -0.0779. The van der Waals surface area contributed by atoms with Gasteiger partial charge in [0.1, 0.15) is 0 Å². The van der Waals surface area contributed by atoms with E-state index in [0.29, 0.717) is 5.25 Å². The van der Waals surface area contributed by atoms with Gasteiger partial charge < -0.3 is 10.0 Å². The first kappa shape index (κ1) is 8.37. The van der Waals surface area contributed by atoms with Crippen LogP contribution < -0.4 is 0 Å². The molecular formula is C7H17NOS. The topological polar surface area (TPSA) is 23.5 Å². The smallest absolute Gasteiger partial charge is 0.0780 e. The van der Waals surface area contributed by atoms with E-state index in [9.17, 15) is 5.11 Å². The lowest BCUT2D eigenvalue weighted by atomic mass is 10.3. The zero-order chi connectivity index (χ0) is 7.72. The Kier molecular flexibility index (Phi) is 2.61. The molecular weight excluding hydrogens is 146 g/mol. The molecule has 1 aliphatic rings. The molecule has 3 heteroatoms. The zero-order valence-electron chi connectivity index (χ0n) is 6.91. The second kappa shape index (κ2) is 3.11. The fraction of sp³-hybridized carbons (Fsp3) is 1.00. The lowest BCUT2D eigenvalue weighted by Gasteiger charge is -2.20. The Morgan fingerprint density at radius 1 is 1.40 bits per heavy atom. The van der Waals surface area contributed by atoms with E-state index in [4.69, 9.17) is 0 Å². The minimum Gasteiger partial charge on any atom is -0.391 e. The third kappa shape index (κ3) is 1.65. The van der Waals surface area contributed by atoms with Crippen LogP contribution in [0.3, 0.4) is 0 Å². The van der Waals surface area contributed by atoms with E-state index in [0.717, 1.165) is 13.1 Å². The molecule has 2 atom stereocenters. The Hall–Kier alpha value is 0.270. The van der Waals surface area contributed by atoms with Gasteiger partial charge in [-0.3, -0.25) is 10.9 Å². The summed E-state index contributed by atoms with van der Waals surface area (Å²) in [5.41, 5.74) is 0. The summed E-state index contributed by atoms with van der Waals surface area (Å²) in [6, 6.07) is 0. The molecule has 1 saturated heterocycles. The molecule has 0 saturated carbocycles. The van der Waals surface area contributed by atoms with Gasteiger partial charge in [0.2, 0.25) is 0 Å². The number of hydrogen-bond donors (Lipinski definition) is 2. The van der Waals surface area contributed by atoms with Gasteiger partial charge >= 0.3 is 0 Å². The van der Waals surface area contributed by atoms with Gasteiger partial charge in [0.15, 0.2) is 0 Å². The summed E-state index contributed by atoms with van der Waals surface area (Å²) in [4.78, 5) is 2.21. The molecule has 0 amide bonds. The first-order valence-corrected chi connectivity index (χ1v) is 5.95. The zero-order valence-corrected chi connectivity index (χ0v) is 7.80. The number of aliphatic hydroxyl groups excluding tert-OH is 1. The molecule has 0 spiro atoms. The Morgan fingerprint density at radius 2 is 2.00 bits per heavy atom. The largest absolute Gasteiger partial charge is 0.391 e. The van der Waals surface area contributed by atoms with Crippen molar-refractivity contribution < 1.29 is 5.11 Å². The third-order valence-corrected chi connectivity index (χ3v) is 3.94. The van der Waals surface area contributed by atoms with Crippen molar-refractivity contribution in [3.63, 3.8) is 0 Å². The number of likely N-dealkylation sites (N-methyl/N-ethyl adjacent to an activating group) is 1. The van der Waals surface area contributed by atoms with Gasteiger partial charge in [-0.05, 0) is 19.6 Å². The van der Waals surface area contributed by atoms with Crippen LogP contribution in [0.15, 0.2) is 0 Å². The summed E-state index contributed by atoms with van der Waals surface area (Å²) in [5.74, 6) is 0. The van der Waals surface area contributed by atoms with Crippen molar-refractivity contribution in [1.29, 1.82) is 0 Å². The molecule has 62 valence electrons. The van der Waals surface area contributed by atoms with E-state index in [-0.39, 0.29) is 17.0 Å². The number of nitrogens with zero attached hydrogens (tertiary/aromatic N) is 1. The molecule has 0 aromatic rings. The highest BCUT2D eigenvalue weighted by Gasteiger charge is 2.29. The lowest BCUT2D eigenvalue weighted by molar-refractivity contribution is 0.186. The first-order chi connectivity index (χ1) is 4.61. The molecule has 1 rings (SSSR count). The molecule has 1 fully saturated rings. The van der Waals surface area contributed by atoms with Gasteiger partial charge in [0.25, 0.3) is 0 Å². The molecule has 0 aromatic carbocycles. The van der Waals surface area contributed by atoms with Gasteiger partial charge in [0, 0.05) is 18.3 Å². The van der Waals surface area contributed by atoms with Gasteiger partial charge in [-0.2, -0.15) is 0 Å². The molecule has 1 aliphatic heterocycles. The standard InChI is InChI=1S/C7H17NOS/c1-8-4-6(9)7(5-8)10(2)3/h6-7,9-10H,4-5H2,1-3H3. The highest BCUT2D eigenvalue weighted by molar-refractivity contribution is 8.16. The molecule has 1 heterocycles. The highest BCUT2D eigenvalue weighted by Crippen LogP contribution is 2.29. The first-order valence-electron chi connectivity index (χ1n) is 3.64. The van der Waals surface area contributed by atoms with Crippen LogP contribution in [0, 0.1) is 0 Å². The average molecular weight is 163 g/mol. The lowest BCUT2D eigenvalue weighted by Crippen LogP contribution is -2.22. The number of hydrogen-bond acceptors (Lipinski definition) is 2. The van der Waals surface area contributed by atoms with E-state index in [1.165, 1.54) is 0 Å². The Balaban J connectivity index is 2.46. The van der Waals surface area contributed by atoms with Crippen LogP contribution in [-0.2, 0) is 0 Å². The van der Waals surface area contributed by atoms with Crippen LogP contribution in [0.1, 0.15) is 0 Å². The fourth-order valence-corrected chi connectivity index (χ4v) is 2.85. The number of aliphatic hydroxyl groups is 1. The van der Waals surface area contributed by atoms with Crippen LogP contribution in [0.4, 0.5) is 0 Å². The SMILES string of the molecule is CN1CC(O)C([SH](C)C)C1. The molecule has 1 N–H and O–H groups in total. The molecule has 10 heavy (non-hydrogen) atoms. The van der Waals surface area contributed by atoms with Crippen molar-refractivity contribution in [3.8, 4) is 0 Å². The van der Waals surface area contributed by atoms with Crippen molar-refractivity contribution in [2.45, 2.75) is 11.4 Å². The average Bonchev–Trinajstić information content (AvgIpc) is 2.10. The highest BCUT2D eigenvalue weighted by atomic mass is 32.2. The van der Waals surface area contributed by atoms with Crippen molar-refractivity contribution in [3.05, 3.63) is 0 Å². The van der Waals surface area contributed by atoms with Crippen molar-refractivity contribution in [1.82, 2.24) is 4.90 Å².